The number of nitrogens with zero attached hydrogens (tertiary/aromatic N) is 1. The average molecular weight is 194 g/mol. The van der Waals surface area contributed by atoms with Crippen LogP contribution in [0.5, 0.6) is 5.19 Å². The predicted molar refractivity (Wildman–Crippen MR) is 49.8 cm³/mol. The molecule has 2 aromatic rings. The van der Waals surface area contributed by atoms with E-state index in [0.717, 1.165) is 16.0 Å². The Morgan fingerprint density at radius 1 is 1.54 bits per heavy atom. The number of aromatic nitrogens is 1. The summed E-state index contributed by atoms with van der Waals surface area (Å²) in [6.07, 6.45) is 0. The fourth-order valence-corrected chi connectivity index (χ4v) is 1.81. The summed E-state index contributed by atoms with van der Waals surface area (Å²) < 4.78 is 0.758. The van der Waals surface area contributed by atoms with Crippen LogP contribution in [0.2, 0.25) is 0 Å². The summed E-state index contributed by atoms with van der Waals surface area (Å²) in [6, 6.07) is 4.87. The Balaban J connectivity index is 2.67. The van der Waals surface area contributed by atoms with Gasteiger partial charge in [-0.05, 0) is 18.2 Å². The second-order valence-corrected chi connectivity index (χ2v) is 3.55. The van der Waals surface area contributed by atoms with Crippen molar-refractivity contribution in [2.45, 2.75) is 0 Å². The summed E-state index contributed by atoms with van der Waals surface area (Å²) in [5, 5.41) is 9.07. The summed E-state index contributed by atoms with van der Waals surface area (Å²) in [4.78, 5) is 14.6. The molecule has 1 heterocycles. The molecule has 1 aromatic carbocycles. The number of fused-ring (bicyclic) bond motifs is 1. The molecule has 0 radical (unpaired) electrons. The molecular formula is C8H6N2O2S. The molecule has 0 aliphatic rings. The molecule has 5 heteroatoms. The van der Waals surface area contributed by atoms with Gasteiger partial charge in [0.1, 0.15) is 0 Å². The lowest BCUT2D eigenvalue weighted by Crippen LogP contribution is -2.10. The maximum absolute atomic E-state index is 10.8. The smallest absolute Gasteiger partial charge is 0.271 e. The van der Waals surface area contributed by atoms with E-state index in [1.165, 1.54) is 0 Å². The minimum atomic E-state index is -0.477. The molecule has 0 atom stereocenters. The van der Waals surface area contributed by atoms with Crippen LogP contribution in [0.25, 0.3) is 10.2 Å². The number of primary amides is 1. The van der Waals surface area contributed by atoms with Crippen LogP contribution in [0.3, 0.4) is 0 Å². The van der Waals surface area contributed by atoms with Gasteiger partial charge in [0.15, 0.2) is 0 Å². The number of hydrogen-bond donors (Lipinski definition) is 2. The fourth-order valence-electron chi connectivity index (χ4n) is 1.07. The zero-order valence-electron chi connectivity index (χ0n) is 6.52. The molecule has 0 bridgehead atoms. The van der Waals surface area contributed by atoms with Crippen molar-refractivity contribution >= 4 is 27.5 Å². The Hall–Kier alpha value is -1.62. The average Bonchev–Trinajstić information content (AvgIpc) is 2.42. The summed E-state index contributed by atoms with van der Waals surface area (Å²) in [6.45, 7) is 0. The molecule has 0 spiro atoms. The van der Waals surface area contributed by atoms with E-state index < -0.39 is 5.91 Å². The van der Waals surface area contributed by atoms with Crippen LogP contribution in [-0.2, 0) is 0 Å². The van der Waals surface area contributed by atoms with Gasteiger partial charge < -0.3 is 10.8 Å². The summed E-state index contributed by atoms with van der Waals surface area (Å²) >= 11 is 1.12. The molecule has 4 nitrogen and oxygen atoms in total. The summed E-state index contributed by atoms with van der Waals surface area (Å²) in [7, 11) is 0. The van der Waals surface area contributed by atoms with E-state index in [1.54, 1.807) is 18.2 Å². The molecule has 3 N–H and O–H groups in total. The molecule has 1 amide bonds. The quantitative estimate of drug-likeness (QED) is 0.713. The lowest BCUT2D eigenvalue weighted by Gasteiger charge is -1.92. The van der Waals surface area contributed by atoms with Crippen molar-refractivity contribution in [1.29, 1.82) is 0 Å². The molecule has 2 rings (SSSR count). The Morgan fingerprint density at radius 3 is 3.00 bits per heavy atom. The highest BCUT2D eigenvalue weighted by molar-refractivity contribution is 7.20. The third kappa shape index (κ3) is 1.33. The largest absolute Gasteiger partial charge is 0.486 e. The first kappa shape index (κ1) is 8.00. The maximum Gasteiger partial charge on any atom is 0.271 e. The number of hydrogen-bond acceptors (Lipinski definition) is 4. The van der Waals surface area contributed by atoms with Gasteiger partial charge in [0.2, 0.25) is 5.91 Å². The van der Waals surface area contributed by atoms with E-state index in [2.05, 4.69) is 4.98 Å². The van der Waals surface area contributed by atoms with E-state index in [1.807, 2.05) is 0 Å². The number of carbonyl (C=O) groups is 1. The zero-order chi connectivity index (χ0) is 9.42. The van der Waals surface area contributed by atoms with Gasteiger partial charge in [-0.25, -0.2) is 4.98 Å². The molecule has 0 saturated carbocycles. The predicted octanol–water partition coefficient (Wildman–Crippen LogP) is 1.10. The van der Waals surface area contributed by atoms with Gasteiger partial charge in [-0.2, -0.15) is 0 Å². The number of aromatic hydroxyl groups is 1. The highest BCUT2D eigenvalue weighted by atomic mass is 32.1. The van der Waals surface area contributed by atoms with E-state index in [-0.39, 0.29) is 5.19 Å². The lowest BCUT2D eigenvalue weighted by atomic mass is 10.2. The highest BCUT2D eigenvalue weighted by Crippen LogP contribution is 2.26. The zero-order valence-corrected chi connectivity index (χ0v) is 7.34. The number of rotatable bonds is 1. The lowest BCUT2D eigenvalue weighted by molar-refractivity contribution is 0.100. The second kappa shape index (κ2) is 2.70. The van der Waals surface area contributed by atoms with E-state index in [4.69, 9.17) is 10.8 Å². The van der Waals surface area contributed by atoms with Crippen molar-refractivity contribution in [2.75, 3.05) is 0 Å². The van der Waals surface area contributed by atoms with Crippen LogP contribution in [0, 0.1) is 0 Å². The molecule has 0 fully saturated rings. The van der Waals surface area contributed by atoms with E-state index in [9.17, 15) is 4.79 Å². The van der Waals surface area contributed by atoms with Gasteiger partial charge in [-0.3, -0.25) is 4.79 Å². The first-order chi connectivity index (χ1) is 6.16. The van der Waals surface area contributed by atoms with Gasteiger partial charge in [0, 0.05) is 5.56 Å². The standard InChI is InChI=1S/C8H6N2O2S/c9-7(11)4-1-2-5-6(3-4)13-8(12)10-5/h1-3H,(H2,9,11)(H,10,12). The number of thiazole rings is 1. The van der Waals surface area contributed by atoms with Crippen LogP contribution < -0.4 is 5.73 Å². The van der Waals surface area contributed by atoms with E-state index >= 15 is 0 Å². The maximum atomic E-state index is 10.8. The molecular weight excluding hydrogens is 188 g/mol. The Morgan fingerprint density at radius 2 is 2.31 bits per heavy atom. The molecule has 66 valence electrons. The Kier molecular flexibility index (Phi) is 1.66. The normalized spacial score (nSPS) is 10.5. The molecule has 0 aliphatic heterocycles. The van der Waals surface area contributed by atoms with Gasteiger partial charge in [-0.1, -0.05) is 11.3 Å². The number of nitrogens with two attached hydrogens (primary N) is 1. The molecule has 0 aliphatic carbocycles. The van der Waals surface area contributed by atoms with Gasteiger partial charge in [-0.15, -0.1) is 0 Å². The minimum Gasteiger partial charge on any atom is -0.486 e. The SMILES string of the molecule is NC(=O)c1ccc2nc(O)sc2c1. The number of amides is 1. The summed E-state index contributed by atoms with van der Waals surface area (Å²) in [5.41, 5.74) is 6.19. The molecule has 0 saturated heterocycles. The molecule has 1 aromatic heterocycles. The Labute approximate surface area is 77.6 Å². The van der Waals surface area contributed by atoms with Gasteiger partial charge in [0.25, 0.3) is 5.19 Å². The first-order valence-corrected chi connectivity index (χ1v) is 4.38. The van der Waals surface area contributed by atoms with E-state index in [0.29, 0.717) is 11.1 Å². The Bertz CT molecular complexity index is 478. The van der Waals surface area contributed by atoms with Crippen LogP contribution >= 0.6 is 11.3 Å². The topological polar surface area (TPSA) is 76.2 Å². The van der Waals surface area contributed by atoms with Crippen molar-refractivity contribution in [3.8, 4) is 5.19 Å². The van der Waals surface area contributed by atoms with Crippen molar-refractivity contribution in [1.82, 2.24) is 4.98 Å². The third-order valence-corrected chi connectivity index (χ3v) is 2.48. The third-order valence-electron chi connectivity index (χ3n) is 1.66. The molecule has 13 heavy (non-hydrogen) atoms. The van der Waals surface area contributed by atoms with Crippen LogP contribution in [0.1, 0.15) is 10.4 Å². The summed E-state index contributed by atoms with van der Waals surface area (Å²) in [5.74, 6) is -0.477. The van der Waals surface area contributed by atoms with Crippen molar-refractivity contribution < 1.29 is 9.90 Å². The number of benzene rings is 1. The monoisotopic (exact) mass is 194 g/mol. The van der Waals surface area contributed by atoms with Gasteiger partial charge >= 0.3 is 0 Å². The van der Waals surface area contributed by atoms with Gasteiger partial charge in [0.05, 0.1) is 10.2 Å². The number of carbonyl (C=O) groups excluding carboxylic acids is 1. The van der Waals surface area contributed by atoms with Crippen LogP contribution in [0.4, 0.5) is 0 Å². The fraction of sp³-hybridized carbons (Fsp3) is 0. The minimum absolute atomic E-state index is 0.00313. The van der Waals surface area contributed by atoms with Crippen molar-refractivity contribution in [3.63, 3.8) is 0 Å². The van der Waals surface area contributed by atoms with Crippen LogP contribution in [-0.4, -0.2) is 16.0 Å². The highest BCUT2D eigenvalue weighted by Gasteiger charge is 2.05. The van der Waals surface area contributed by atoms with Crippen LogP contribution in [0.15, 0.2) is 18.2 Å². The van der Waals surface area contributed by atoms with Crippen molar-refractivity contribution in [2.24, 2.45) is 5.73 Å². The first-order valence-electron chi connectivity index (χ1n) is 3.56. The second-order valence-electron chi connectivity index (χ2n) is 2.54. The van der Waals surface area contributed by atoms with Crippen molar-refractivity contribution in [3.05, 3.63) is 23.8 Å². The molecule has 0 unspecified atom stereocenters.